The molecule has 0 saturated heterocycles. The summed E-state index contributed by atoms with van der Waals surface area (Å²) in [6.45, 7) is 4.14. The van der Waals surface area contributed by atoms with Crippen molar-refractivity contribution < 1.29 is 9.90 Å². The summed E-state index contributed by atoms with van der Waals surface area (Å²) < 4.78 is 0. The Kier molecular flexibility index (Phi) is 3.57. The molecule has 0 saturated carbocycles. The van der Waals surface area contributed by atoms with Crippen molar-refractivity contribution in [2.24, 2.45) is 0 Å². The number of nitrogens with zero attached hydrogens (tertiary/aromatic N) is 2. The van der Waals surface area contributed by atoms with Crippen LogP contribution in [0.5, 0.6) is 0 Å². The molecule has 2 heterocycles. The molecule has 0 unspecified atom stereocenters. The Balaban J connectivity index is 2.17. The summed E-state index contributed by atoms with van der Waals surface area (Å²) in [5.41, 5.74) is 1.21. The Bertz CT molecular complexity index is 566. The highest BCUT2D eigenvalue weighted by atomic mass is 32.1. The van der Waals surface area contributed by atoms with E-state index in [4.69, 9.17) is 5.11 Å². The SMILES string of the molecule is CC(C)c1csc(Nc2cc(C(=O)O)ccn2)n1. The predicted octanol–water partition coefficient (Wildman–Crippen LogP) is 3.10. The van der Waals surface area contributed by atoms with Gasteiger partial charge >= 0.3 is 5.97 Å². The number of carboxylic acids is 1. The van der Waals surface area contributed by atoms with Crippen LogP contribution in [0.25, 0.3) is 0 Å². The molecule has 2 N–H and O–H groups in total. The van der Waals surface area contributed by atoms with Gasteiger partial charge in [0, 0.05) is 11.6 Å². The van der Waals surface area contributed by atoms with Crippen molar-refractivity contribution in [2.75, 3.05) is 5.32 Å². The lowest BCUT2D eigenvalue weighted by atomic mass is 10.2. The molecule has 0 aromatic carbocycles. The Morgan fingerprint density at radius 2 is 2.28 bits per heavy atom. The maximum atomic E-state index is 10.8. The molecular weight excluding hydrogens is 250 g/mol. The first-order valence-corrected chi connectivity index (χ1v) is 6.36. The van der Waals surface area contributed by atoms with Gasteiger partial charge in [-0.15, -0.1) is 11.3 Å². The quantitative estimate of drug-likeness (QED) is 0.886. The van der Waals surface area contributed by atoms with Crippen LogP contribution in [0.3, 0.4) is 0 Å². The van der Waals surface area contributed by atoms with Crippen molar-refractivity contribution >= 4 is 28.3 Å². The largest absolute Gasteiger partial charge is 0.478 e. The molecule has 0 atom stereocenters. The second-order valence-corrected chi connectivity index (χ2v) is 4.95. The molecule has 94 valence electrons. The van der Waals surface area contributed by atoms with E-state index in [0.717, 1.165) is 5.69 Å². The highest BCUT2D eigenvalue weighted by molar-refractivity contribution is 7.13. The van der Waals surface area contributed by atoms with Gasteiger partial charge in [0.1, 0.15) is 5.82 Å². The zero-order valence-electron chi connectivity index (χ0n) is 10.0. The Labute approximate surface area is 109 Å². The molecule has 6 heteroatoms. The van der Waals surface area contributed by atoms with E-state index in [1.165, 1.54) is 29.7 Å². The lowest BCUT2D eigenvalue weighted by Gasteiger charge is -2.02. The molecule has 0 radical (unpaired) electrons. The van der Waals surface area contributed by atoms with E-state index in [0.29, 0.717) is 16.9 Å². The number of anilines is 2. The predicted molar refractivity (Wildman–Crippen MR) is 70.7 cm³/mol. The Morgan fingerprint density at radius 1 is 1.50 bits per heavy atom. The number of nitrogens with one attached hydrogen (secondary N) is 1. The van der Waals surface area contributed by atoms with Crippen molar-refractivity contribution in [3.05, 3.63) is 35.0 Å². The van der Waals surface area contributed by atoms with Crippen LogP contribution in [0.15, 0.2) is 23.7 Å². The van der Waals surface area contributed by atoms with E-state index < -0.39 is 5.97 Å². The molecule has 0 aliphatic rings. The maximum absolute atomic E-state index is 10.8. The first kappa shape index (κ1) is 12.5. The first-order valence-electron chi connectivity index (χ1n) is 5.48. The van der Waals surface area contributed by atoms with Gasteiger partial charge in [0.2, 0.25) is 0 Å². The Morgan fingerprint density at radius 3 is 2.89 bits per heavy atom. The van der Waals surface area contributed by atoms with Crippen LogP contribution < -0.4 is 5.32 Å². The zero-order chi connectivity index (χ0) is 13.1. The molecule has 2 aromatic rings. The Hall–Kier alpha value is -1.95. The van der Waals surface area contributed by atoms with Crippen LogP contribution >= 0.6 is 11.3 Å². The molecule has 2 rings (SSSR count). The summed E-state index contributed by atoms with van der Waals surface area (Å²) >= 11 is 1.48. The van der Waals surface area contributed by atoms with Crippen molar-refractivity contribution in [3.63, 3.8) is 0 Å². The second kappa shape index (κ2) is 5.14. The molecular formula is C12H13N3O2S. The monoisotopic (exact) mass is 263 g/mol. The van der Waals surface area contributed by atoms with Crippen molar-refractivity contribution in [3.8, 4) is 0 Å². The molecule has 18 heavy (non-hydrogen) atoms. The number of pyridine rings is 1. The van der Waals surface area contributed by atoms with E-state index >= 15 is 0 Å². The van der Waals surface area contributed by atoms with Crippen LogP contribution in [-0.2, 0) is 0 Å². The van der Waals surface area contributed by atoms with E-state index in [1.54, 1.807) is 0 Å². The van der Waals surface area contributed by atoms with Crippen molar-refractivity contribution in [1.82, 2.24) is 9.97 Å². The van der Waals surface area contributed by atoms with Crippen LogP contribution in [-0.4, -0.2) is 21.0 Å². The molecule has 0 amide bonds. The number of aromatic nitrogens is 2. The van der Waals surface area contributed by atoms with Gasteiger partial charge in [-0.25, -0.2) is 14.8 Å². The molecule has 2 aromatic heterocycles. The lowest BCUT2D eigenvalue weighted by Crippen LogP contribution is -1.99. The number of aromatic carboxylic acids is 1. The number of carbonyl (C=O) groups is 1. The minimum absolute atomic E-state index is 0.202. The van der Waals surface area contributed by atoms with Gasteiger partial charge in [-0.05, 0) is 18.1 Å². The lowest BCUT2D eigenvalue weighted by molar-refractivity contribution is 0.0697. The van der Waals surface area contributed by atoms with Gasteiger partial charge in [0.05, 0.1) is 11.3 Å². The normalized spacial score (nSPS) is 10.6. The third kappa shape index (κ3) is 2.84. The van der Waals surface area contributed by atoms with Gasteiger partial charge in [0.15, 0.2) is 5.13 Å². The van der Waals surface area contributed by atoms with Gasteiger partial charge < -0.3 is 10.4 Å². The van der Waals surface area contributed by atoms with Crippen LogP contribution in [0.2, 0.25) is 0 Å². The smallest absolute Gasteiger partial charge is 0.335 e. The van der Waals surface area contributed by atoms with Crippen molar-refractivity contribution in [2.45, 2.75) is 19.8 Å². The molecule has 0 fully saturated rings. The average molecular weight is 263 g/mol. The molecule has 0 aliphatic carbocycles. The van der Waals surface area contributed by atoms with Gasteiger partial charge in [-0.2, -0.15) is 0 Å². The highest BCUT2D eigenvalue weighted by Crippen LogP contribution is 2.24. The minimum Gasteiger partial charge on any atom is -0.478 e. The average Bonchev–Trinajstić information content (AvgIpc) is 2.78. The van der Waals surface area contributed by atoms with Crippen LogP contribution in [0.1, 0.15) is 35.8 Å². The molecule has 5 nitrogen and oxygen atoms in total. The van der Waals surface area contributed by atoms with Gasteiger partial charge in [-0.1, -0.05) is 13.8 Å². The van der Waals surface area contributed by atoms with Gasteiger partial charge in [-0.3, -0.25) is 0 Å². The summed E-state index contributed by atoms with van der Waals surface area (Å²) in [4.78, 5) is 19.3. The first-order chi connectivity index (χ1) is 8.56. The highest BCUT2D eigenvalue weighted by Gasteiger charge is 2.08. The van der Waals surface area contributed by atoms with E-state index in [-0.39, 0.29) is 5.56 Å². The summed E-state index contributed by atoms with van der Waals surface area (Å²) in [6.07, 6.45) is 1.46. The summed E-state index contributed by atoms with van der Waals surface area (Å²) in [6, 6.07) is 2.94. The number of carboxylic acid groups (broad SMARTS) is 1. The van der Waals surface area contributed by atoms with E-state index in [2.05, 4.69) is 29.1 Å². The number of rotatable bonds is 4. The maximum Gasteiger partial charge on any atom is 0.335 e. The zero-order valence-corrected chi connectivity index (χ0v) is 10.9. The second-order valence-electron chi connectivity index (χ2n) is 4.09. The third-order valence-corrected chi connectivity index (χ3v) is 3.13. The molecule has 0 spiro atoms. The summed E-state index contributed by atoms with van der Waals surface area (Å²) in [7, 11) is 0. The van der Waals surface area contributed by atoms with E-state index in [1.807, 2.05) is 5.38 Å². The standard InChI is InChI=1S/C12H13N3O2S/c1-7(2)9-6-18-12(14-9)15-10-5-8(11(16)17)3-4-13-10/h3-7H,1-2H3,(H,16,17)(H,13,14,15). The fourth-order valence-corrected chi connectivity index (χ4v) is 2.23. The van der Waals surface area contributed by atoms with Crippen LogP contribution in [0, 0.1) is 0 Å². The fraction of sp³-hybridized carbons (Fsp3) is 0.250. The number of hydrogen-bond donors (Lipinski definition) is 2. The van der Waals surface area contributed by atoms with E-state index in [9.17, 15) is 4.79 Å². The molecule has 0 bridgehead atoms. The van der Waals surface area contributed by atoms with Gasteiger partial charge in [0.25, 0.3) is 0 Å². The summed E-state index contributed by atoms with van der Waals surface area (Å²) in [5, 5.41) is 14.6. The topological polar surface area (TPSA) is 75.1 Å². The number of hydrogen-bond acceptors (Lipinski definition) is 5. The number of thiazole rings is 1. The molecule has 0 aliphatic heterocycles. The minimum atomic E-state index is -0.970. The summed E-state index contributed by atoms with van der Waals surface area (Å²) in [5.74, 6) is -0.114. The third-order valence-electron chi connectivity index (χ3n) is 2.36. The van der Waals surface area contributed by atoms with Crippen molar-refractivity contribution in [1.29, 1.82) is 0 Å². The van der Waals surface area contributed by atoms with Crippen LogP contribution in [0.4, 0.5) is 10.9 Å². The fourth-order valence-electron chi connectivity index (χ4n) is 1.35.